The third kappa shape index (κ3) is 5.58. The molecular weight excluding hydrogens is 468 g/mol. The lowest BCUT2D eigenvalue weighted by atomic mass is 9.86. The van der Waals surface area contributed by atoms with Crippen LogP contribution in [0.5, 0.6) is 0 Å². The highest BCUT2D eigenvalue weighted by molar-refractivity contribution is 8.01. The molecule has 34 heavy (non-hydrogen) atoms. The van der Waals surface area contributed by atoms with Crippen LogP contribution in [-0.2, 0) is 12.0 Å². The molecule has 4 rings (SSSR count). The van der Waals surface area contributed by atoms with E-state index in [-0.39, 0.29) is 12.1 Å². The van der Waals surface area contributed by atoms with Crippen molar-refractivity contribution in [3.63, 3.8) is 0 Å². The van der Waals surface area contributed by atoms with Gasteiger partial charge in [-0.2, -0.15) is 0 Å². The molecule has 4 aromatic heterocycles. The van der Waals surface area contributed by atoms with Crippen molar-refractivity contribution in [2.45, 2.75) is 40.9 Å². The largest absolute Gasteiger partial charge is 0.383 e. The molecule has 0 fully saturated rings. The zero-order chi connectivity index (χ0) is 24.0. The molecule has 0 saturated carbocycles. The number of nitrogens with one attached hydrogen (secondary N) is 1. The number of primary amides is 1. The Morgan fingerprint density at radius 3 is 2.56 bits per heavy atom. The maximum absolute atomic E-state index is 12.2. The first kappa shape index (κ1) is 23.8. The van der Waals surface area contributed by atoms with Gasteiger partial charge in [-0.25, -0.2) is 9.97 Å². The van der Waals surface area contributed by atoms with Crippen molar-refractivity contribution in [3.8, 4) is 0 Å². The van der Waals surface area contributed by atoms with Gasteiger partial charge >= 0.3 is 0 Å². The number of thiazole rings is 1. The predicted molar refractivity (Wildman–Crippen MR) is 133 cm³/mol. The minimum absolute atomic E-state index is 0.145. The van der Waals surface area contributed by atoms with E-state index in [0.717, 1.165) is 15.5 Å². The van der Waals surface area contributed by atoms with E-state index in [4.69, 9.17) is 5.73 Å². The molecule has 4 aromatic rings. The standard InChI is InChI=1S/C24H24N6O2S2/c1-2-10-24(32,18-7-3-5-11-26-18)14-16-17(9-13-28-21(16)22(25)31)33-20-15-29-23(34-20)30-19-8-4-6-12-27-19/h3-9,11-13,15,32H,2,10,14H2,1H3,(H2,25,31)(H,27,29,30)/t24-/m1/s1. The quantitative estimate of drug-likeness (QED) is 0.294. The first-order valence-electron chi connectivity index (χ1n) is 10.7. The topological polar surface area (TPSA) is 127 Å². The highest BCUT2D eigenvalue weighted by Gasteiger charge is 2.33. The highest BCUT2D eigenvalue weighted by Crippen LogP contribution is 2.40. The van der Waals surface area contributed by atoms with Gasteiger partial charge in [0.15, 0.2) is 5.13 Å². The molecule has 8 nitrogen and oxygen atoms in total. The van der Waals surface area contributed by atoms with Crippen molar-refractivity contribution >= 4 is 40.0 Å². The second kappa shape index (κ2) is 10.7. The van der Waals surface area contributed by atoms with E-state index >= 15 is 0 Å². The molecule has 0 aliphatic heterocycles. The van der Waals surface area contributed by atoms with Crippen LogP contribution in [0.3, 0.4) is 0 Å². The van der Waals surface area contributed by atoms with Crippen LogP contribution in [0.4, 0.5) is 10.9 Å². The number of anilines is 2. The predicted octanol–water partition coefficient (Wildman–Crippen LogP) is 4.55. The molecule has 0 saturated heterocycles. The number of pyridine rings is 3. The van der Waals surface area contributed by atoms with Crippen molar-refractivity contribution in [2.24, 2.45) is 5.73 Å². The van der Waals surface area contributed by atoms with E-state index in [2.05, 4.69) is 25.3 Å². The molecule has 4 N–H and O–H groups in total. The summed E-state index contributed by atoms with van der Waals surface area (Å²) in [5, 5.41) is 15.5. The van der Waals surface area contributed by atoms with E-state index in [1.54, 1.807) is 36.9 Å². The molecule has 1 atom stereocenters. The number of carbonyl (C=O) groups is 1. The number of nitrogens with zero attached hydrogens (tertiary/aromatic N) is 4. The average Bonchev–Trinajstić information content (AvgIpc) is 3.28. The van der Waals surface area contributed by atoms with Crippen LogP contribution < -0.4 is 11.1 Å². The fourth-order valence-electron chi connectivity index (χ4n) is 3.62. The van der Waals surface area contributed by atoms with Gasteiger partial charge in [0.2, 0.25) is 0 Å². The zero-order valence-electron chi connectivity index (χ0n) is 18.5. The van der Waals surface area contributed by atoms with Crippen molar-refractivity contribution < 1.29 is 9.90 Å². The Morgan fingerprint density at radius 1 is 1.09 bits per heavy atom. The summed E-state index contributed by atoms with van der Waals surface area (Å²) in [5.74, 6) is 0.0631. The van der Waals surface area contributed by atoms with Gasteiger partial charge in [-0.15, -0.1) is 0 Å². The molecular formula is C24H24N6O2S2. The second-order valence-corrected chi connectivity index (χ2v) is 9.97. The van der Waals surface area contributed by atoms with Crippen molar-refractivity contribution in [2.75, 3.05) is 5.32 Å². The number of hydrogen-bond acceptors (Lipinski definition) is 9. The summed E-state index contributed by atoms with van der Waals surface area (Å²) >= 11 is 2.91. The van der Waals surface area contributed by atoms with Crippen LogP contribution in [-0.4, -0.2) is 30.9 Å². The average molecular weight is 493 g/mol. The first-order valence-corrected chi connectivity index (χ1v) is 12.3. The monoisotopic (exact) mass is 492 g/mol. The van der Waals surface area contributed by atoms with E-state index < -0.39 is 11.5 Å². The summed E-state index contributed by atoms with van der Waals surface area (Å²) in [5.41, 5.74) is 5.68. The zero-order valence-corrected chi connectivity index (χ0v) is 20.1. The molecule has 4 heterocycles. The SMILES string of the molecule is CCC[C@@](O)(Cc1c(Sc2cnc(Nc3ccccn3)s2)ccnc1C(N)=O)c1ccccn1. The second-order valence-electron chi connectivity index (χ2n) is 7.60. The van der Waals surface area contributed by atoms with Gasteiger partial charge in [0.1, 0.15) is 17.1 Å². The van der Waals surface area contributed by atoms with E-state index in [1.807, 2.05) is 37.3 Å². The van der Waals surface area contributed by atoms with Gasteiger partial charge in [0.25, 0.3) is 5.91 Å². The molecule has 0 aromatic carbocycles. The summed E-state index contributed by atoms with van der Waals surface area (Å²) in [6.07, 6.45) is 8.03. The maximum Gasteiger partial charge on any atom is 0.267 e. The number of hydrogen-bond donors (Lipinski definition) is 3. The minimum atomic E-state index is -1.27. The lowest BCUT2D eigenvalue weighted by molar-refractivity contribution is 0.0217. The molecule has 0 radical (unpaired) electrons. The van der Waals surface area contributed by atoms with Crippen LogP contribution in [0.25, 0.3) is 0 Å². The maximum atomic E-state index is 12.2. The van der Waals surface area contributed by atoms with Gasteiger partial charge < -0.3 is 16.2 Å². The summed E-state index contributed by atoms with van der Waals surface area (Å²) in [6, 6.07) is 12.9. The summed E-state index contributed by atoms with van der Waals surface area (Å²) in [6.45, 7) is 2.00. The fraction of sp³-hybridized carbons (Fsp3) is 0.208. The van der Waals surface area contributed by atoms with Crippen LogP contribution in [0.2, 0.25) is 0 Å². The lowest BCUT2D eigenvalue weighted by Crippen LogP contribution is -2.31. The number of aromatic nitrogens is 4. The fourth-order valence-corrected chi connectivity index (χ4v) is 5.60. The summed E-state index contributed by atoms with van der Waals surface area (Å²) < 4.78 is 0.901. The summed E-state index contributed by atoms with van der Waals surface area (Å²) in [4.78, 5) is 30.3. The Hall–Kier alpha value is -3.34. The van der Waals surface area contributed by atoms with Crippen LogP contribution >= 0.6 is 23.1 Å². The van der Waals surface area contributed by atoms with Crippen molar-refractivity contribution in [1.29, 1.82) is 0 Å². The molecule has 0 bridgehead atoms. The summed E-state index contributed by atoms with van der Waals surface area (Å²) in [7, 11) is 0. The highest BCUT2D eigenvalue weighted by atomic mass is 32.2. The van der Waals surface area contributed by atoms with E-state index in [0.29, 0.717) is 28.6 Å². The Morgan fingerprint density at radius 2 is 1.88 bits per heavy atom. The normalized spacial score (nSPS) is 12.8. The van der Waals surface area contributed by atoms with Gasteiger partial charge in [-0.1, -0.05) is 48.6 Å². The van der Waals surface area contributed by atoms with Crippen molar-refractivity contribution in [1.82, 2.24) is 19.9 Å². The number of carbonyl (C=O) groups excluding carboxylic acids is 1. The molecule has 0 unspecified atom stereocenters. The smallest absolute Gasteiger partial charge is 0.267 e. The van der Waals surface area contributed by atoms with E-state index in [9.17, 15) is 9.90 Å². The van der Waals surface area contributed by atoms with Gasteiger partial charge in [0.05, 0.1) is 16.1 Å². The minimum Gasteiger partial charge on any atom is -0.383 e. The Balaban J connectivity index is 1.65. The lowest BCUT2D eigenvalue weighted by Gasteiger charge is -2.28. The third-order valence-corrected chi connectivity index (χ3v) is 7.23. The molecule has 0 aliphatic carbocycles. The van der Waals surface area contributed by atoms with Crippen LogP contribution in [0.15, 0.2) is 76.4 Å². The van der Waals surface area contributed by atoms with Crippen LogP contribution in [0.1, 0.15) is 41.5 Å². The number of aliphatic hydroxyl groups is 1. The number of amides is 1. The van der Waals surface area contributed by atoms with E-state index in [1.165, 1.54) is 23.1 Å². The number of rotatable bonds is 10. The Bertz CT molecular complexity index is 1250. The molecule has 1 amide bonds. The molecule has 0 aliphatic rings. The van der Waals surface area contributed by atoms with Crippen molar-refractivity contribution in [3.05, 3.63) is 84.2 Å². The van der Waals surface area contributed by atoms with Gasteiger partial charge in [-0.3, -0.25) is 14.8 Å². The third-order valence-electron chi connectivity index (χ3n) is 5.12. The molecule has 0 spiro atoms. The first-order chi connectivity index (χ1) is 16.5. The Kier molecular flexibility index (Phi) is 7.51. The van der Waals surface area contributed by atoms with Gasteiger partial charge in [0, 0.05) is 35.5 Å². The van der Waals surface area contributed by atoms with Crippen LogP contribution in [0, 0.1) is 0 Å². The van der Waals surface area contributed by atoms with Gasteiger partial charge in [-0.05, 0) is 36.8 Å². The Labute approximate surface area is 205 Å². The number of nitrogens with two attached hydrogens (primary N) is 1. The molecule has 174 valence electrons. The molecule has 10 heteroatoms.